The molecule has 0 bridgehead atoms. The summed E-state index contributed by atoms with van der Waals surface area (Å²) in [6, 6.07) is 11.3. The molecule has 3 rings (SSSR count). The maximum Gasteiger partial charge on any atom is 0.695 e. The first-order valence-electron chi connectivity index (χ1n) is 8.53. The predicted molar refractivity (Wildman–Crippen MR) is 103 cm³/mol. The number of halogens is 2. The quantitative estimate of drug-likeness (QED) is 0.610. The van der Waals surface area contributed by atoms with Crippen LogP contribution in [0.4, 0.5) is 8.78 Å². The first-order valence-corrected chi connectivity index (χ1v) is 9.66. The van der Waals surface area contributed by atoms with Gasteiger partial charge in [-0.25, -0.2) is 13.5 Å². The molecule has 2 aromatic carbocycles. The van der Waals surface area contributed by atoms with Gasteiger partial charge in [0.1, 0.15) is 11.6 Å². The van der Waals surface area contributed by atoms with Crippen LogP contribution >= 0.6 is 8.25 Å². The predicted octanol–water partition coefficient (Wildman–Crippen LogP) is 3.89. The molecule has 1 N–H and O–H groups in total. The molecule has 0 aliphatic carbocycles. The SMILES string of the molecule is Cn1nnnc1C(=C(c1ccc(F)cc1)c1ccc(F)cc1)C(C)(C)O[P+](=O)O. The van der Waals surface area contributed by atoms with Crippen LogP contribution in [0.25, 0.3) is 11.1 Å². The number of tetrazole rings is 1. The van der Waals surface area contributed by atoms with E-state index in [-0.39, 0.29) is 5.82 Å². The number of hydrogen-bond acceptors (Lipinski definition) is 5. The summed E-state index contributed by atoms with van der Waals surface area (Å²) in [6.45, 7) is 3.18. The number of aromatic nitrogens is 4. The Kier molecular flexibility index (Phi) is 5.93. The van der Waals surface area contributed by atoms with E-state index >= 15 is 0 Å². The van der Waals surface area contributed by atoms with Gasteiger partial charge in [0.15, 0.2) is 11.4 Å². The van der Waals surface area contributed by atoms with Crippen molar-refractivity contribution in [2.45, 2.75) is 19.4 Å². The summed E-state index contributed by atoms with van der Waals surface area (Å²) in [4.78, 5) is 9.41. The molecule has 1 unspecified atom stereocenters. The minimum atomic E-state index is -2.96. The highest BCUT2D eigenvalue weighted by molar-refractivity contribution is 7.32. The van der Waals surface area contributed by atoms with Gasteiger partial charge in [0, 0.05) is 17.2 Å². The van der Waals surface area contributed by atoms with E-state index in [9.17, 15) is 18.2 Å². The molecule has 0 aliphatic rings. The maximum absolute atomic E-state index is 13.6. The Balaban J connectivity index is 2.41. The monoisotopic (exact) mass is 419 g/mol. The molecule has 0 aliphatic heterocycles. The van der Waals surface area contributed by atoms with Gasteiger partial charge in [-0.3, -0.25) is 0 Å². The Morgan fingerprint density at radius 2 is 1.52 bits per heavy atom. The van der Waals surface area contributed by atoms with Crippen LogP contribution in [-0.4, -0.2) is 30.7 Å². The number of nitrogens with zero attached hydrogens (tertiary/aromatic N) is 4. The van der Waals surface area contributed by atoms with Gasteiger partial charge in [-0.05, 0) is 65.2 Å². The zero-order chi connectivity index (χ0) is 21.2. The molecule has 0 saturated carbocycles. The third-order valence-corrected chi connectivity index (χ3v) is 4.88. The van der Waals surface area contributed by atoms with Crippen molar-refractivity contribution in [3.05, 3.63) is 77.1 Å². The molecular formula is C19H18F2N4O3P+. The Hall–Kier alpha value is -2.87. The number of aryl methyl sites for hydroxylation is 1. The molecule has 0 fully saturated rings. The lowest BCUT2D eigenvalue weighted by atomic mass is 9.85. The highest BCUT2D eigenvalue weighted by atomic mass is 31.1. The maximum atomic E-state index is 13.6. The van der Waals surface area contributed by atoms with Gasteiger partial charge in [0.25, 0.3) is 0 Å². The first kappa shape index (κ1) is 20.9. The fraction of sp³-hybridized carbons (Fsp3) is 0.211. The lowest BCUT2D eigenvalue weighted by molar-refractivity contribution is 0.161. The van der Waals surface area contributed by atoms with Crippen LogP contribution in [0.15, 0.2) is 48.5 Å². The summed E-state index contributed by atoms with van der Waals surface area (Å²) in [7, 11) is -1.35. The Labute approximate surface area is 166 Å². The van der Waals surface area contributed by atoms with E-state index in [4.69, 9.17) is 4.52 Å². The van der Waals surface area contributed by atoms with Gasteiger partial charge in [-0.1, -0.05) is 24.3 Å². The highest BCUT2D eigenvalue weighted by Gasteiger charge is 2.40. The van der Waals surface area contributed by atoms with E-state index in [0.29, 0.717) is 22.3 Å². The third kappa shape index (κ3) is 4.59. The molecule has 150 valence electrons. The van der Waals surface area contributed by atoms with Crippen LogP contribution in [0.1, 0.15) is 30.8 Å². The van der Waals surface area contributed by atoms with Gasteiger partial charge < -0.3 is 0 Å². The first-order chi connectivity index (χ1) is 13.7. The van der Waals surface area contributed by atoms with Crippen molar-refractivity contribution in [2.75, 3.05) is 0 Å². The molecule has 0 saturated heterocycles. The minimum Gasteiger partial charge on any atom is -0.229 e. The van der Waals surface area contributed by atoms with E-state index in [1.807, 2.05) is 0 Å². The van der Waals surface area contributed by atoms with Gasteiger partial charge in [0.2, 0.25) is 0 Å². The fourth-order valence-corrected chi connectivity index (χ4v) is 3.53. The van der Waals surface area contributed by atoms with Crippen molar-refractivity contribution in [1.29, 1.82) is 0 Å². The number of rotatable bonds is 6. The Bertz CT molecular complexity index is 1020. The number of hydrogen-bond donors (Lipinski definition) is 1. The topological polar surface area (TPSA) is 90.1 Å². The van der Waals surface area contributed by atoms with Crippen molar-refractivity contribution in [3.63, 3.8) is 0 Å². The van der Waals surface area contributed by atoms with Crippen LogP contribution in [0.2, 0.25) is 0 Å². The minimum absolute atomic E-state index is 0.274. The van der Waals surface area contributed by atoms with Crippen molar-refractivity contribution in [2.24, 2.45) is 7.05 Å². The largest absolute Gasteiger partial charge is 0.695 e. The van der Waals surface area contributed by atoms with E-state index in [0.717, 1.165) is 0 Å². The molecule has 3 aromatic rings. The van der Waals surface area contributed by atoms with Gasteiger partial charge in [-0.15, -0.1) is 14.5 Å². The van der Waals surface area contributed by atoms with Crippen LogP contribution < -0.4 is 0 Å². The van der Waals surface area contributed by atoms with Gasteiger partial charge >= 0.3 is 8.25 Å². The van der Waals surface area contributed by atoms with E-state index in [1.54, 1.807) is 45.2 Å². The molecule has 0 radical (unpaired) electrons. The Morgan fingerprint density at radius 1 is 1.03 bits per heavy atom. The average molecular weight is 419 g/mol. The van der Waals surface area contributed by atoms with E-state index in [2.05, 4.69) is 15.5 Å². The summed E-state index contributed by atoms with van der Waals surface area (Å²) in [5.74, 6) is -0.582. The van der Waals surface area contributed by atoms with Crippen LogP contribution in [0, 0.1) is 11.6 Å². The lowest BCUT2D eigenvalue weighted by Gasteiger charge is -2.25. The second-order valence-corrected chi connectivity index (χ2v) is 7.39. The molecule has 0 spiro atoms. The van der Waals surface area contributed by atoms with E-state index < -0.39 is 25.5 Å². The summed E-state index contributed by atoms with van der Waals surface area (Å²) in [5.41, 5.74) is 0.690. The number of benzene rings is 2. The van der Waals surface area contributed by atoms with E-state index in [1.165, 1.54) is 28.9 Å². The van der Waals surface area contributed by atoms with Crippen molar-refractivity contribution >= 4 is 19.4 Å². The second-order valence-electron chi connectivity index (χ2n) is 6.73. The lowest BCUT2D eigenvalue weighted by Crippen LogP contribution is -2.27. The standard InChI is InChI=1S/C19H17F2N4O3P/c1-19(2,28-29(26)27)17(18-22-23-24-25(18)3)16(12-4-8-14(20)9-5-12)13-6-10-15(21)11-7-13/h4-11H,1-3H3/p+1. The van der Waals surface area contributed by atoms with Crippen LogP contribution in [-0.2, 0) is 16.1 Å². The average Bonchev–Trinajstić information content (AvgIpc) is 3.05. The van der Waals surface area contributed by atoms with Crippen molar-refractivity contribution in [1.82, 2.24) is 20.2 Å². The molecule has 1 aromatic heterocycles. The fourth-order valence-electron chi connectivity index (χ4n) is 3.05. The normalized spacial score (nSPS) is 12.0. The van der Waals surface area contributed by atoms with Crippen LogP contribution in [0.5, 0.6) is 0 Å². The summed E-state index contributed by atoms with van der Waals surface area (Å²) in [5, 5.41) is 11.5. The van der Waals surface area contributed by atoms with Gasteiger partial charge in [0.05, 0.1) is 0 Å². The molecule has 1 heterocycles. The molecule has 1 atom stereocenters. The summed E-state index contributed by atoms with van der Waals surface area (Å²) < 4.78 is 45.3. The Morgan fingerprint density at radius 3 is 1.90 bits per heavy atom. The highest BCUT2D eigenvalue weighted by Crippen LogP contribution is 2.42. The zero-order valence-corrected chi connectivity index (χ0v) is 16.8. The van der Waals surface area contributed by atoms with Crippen LogP contribution in [0.3, 0.4) is 0 Å². The molecule has 29 heavy (non-hydrogen) atoms. The van der Waals surface area contributed by atoms with Crippen molar-refractivity contribution in [3.8, 4) is 0 Å². The van der Waals surface area contributed by atoms with Crippen molar-refractivity contribution < 1.29 is 22.8 Å². The summed E-state index contributed by atoms with van der Waals surface area (Å²) in [6.07, 6.45) is 0. The summed E-state index contributed by atoms with van der Waals surface area (Å²) >= 11 is 0. The molecular weight excluding hydrogens is 401 g/mol. The van der Waals surface area contributed by atoms with Gasteiger partial charge in [-0.2, -0.15) is 0 Å². The third-order valence-electron chi connectivity index (χ3n) is 4.27. The zero-order valence-electron chi connectivity index (χ0n) is 15.9. The molecule has 7 nitrogen and oxygen atoms in total. The molecule has 0 amide bonds. The molecule has 10 heteroatoms. The smallest absolute Gasteiger partial charge is 0.229 e. The second kappa shape index (κ2) is 8.24.